The predicted molar refractivity (Wildman–Crippen MR) is 82.6 cm³/mol. The molecule has 0 radical (unpaired) electrons. The van der Waals surface area contributed by atoms with E-state index in [1.54, 1.807) is 6.08 Å². The average Bonchev–Trinajstić information content (AvgIpc) is 2.48. The summed E-state index contributed by atoms with van der Waals surface area (Å²) in [4.78, 5) is 14.3. The number of likely N-dealkylation sites (tertiary alicyclic amines) is 1. The van der Waals surface area contributed by atoms with Crippen LogP contribution in [0.15, 0.2) is 36.9 Å². The summed E-state index contributed by atoms with van der Waals surface area (Å²) >= 11 is 0. The number of rotatable bonds is 5. The molecule has 0 saturated carbocycles. The Hall–Kier alpha value is -1.61. The van der Waals surface area contributed by atoms with Crippen molar-refractivity contribution < 1.29 is 4.79 Å². The van der Waals surface area contributed by atoms with Gasteiger partial charge in [0.15, 0.2) is 0 Å². The van der Waals surface area contributed by atoms with Gasteiger partial charge in [0.1, 0.15) is 0 Å². The van der Waals surface area contributed by atoms with Crippen molar-refractivity contribution in [2.75, 3.05) is 19.6 Å². The molecule has 1 aromatic rings. The highest BCUT2D eigenvalue weighted by atomic mass is 16.1. The summed E-state index contributed by atoms with van der Waals surface area (Å²) in [6.07, 6.45) is 4.27. The molecule has 1 aliphatic heterocycles. The topological polar surface area (TPSA) is 32.3 Å². The summed E-state index contributed by atoms with van der Waals surface area (Å²) in [7, 11) is 0. The first-order valence-corrected chi connectivity index (χ1v) is 7.39. The molecular weight excluding hydrogens is 248 g/mol. The molecule has 2 rings (SSSR count). The Bertz CT molecular complexity index is 445. The van der Waals surface area contributed by atoms with Gasteiger partial charge in [0.2, 0.25) is 0 Å². The zero-order valence-corrected chi connectivity index (χ0v) is 12.3. The molecule has 1 aromatic carbocycles. The van der Waals surface area contributed by atoms with E-state index in [0.717, 1.165) is 12.5 Å². The van der Waals surface area contributed by atoms with E-state index < -0.39 is 0 Å². The lowest BCUT2D eigenvalue weighted by Gasteiger charge is -2.30. The molecule has 1 amide bonds. The highest BCUT2D eigenvalue weighted by Crippen LogP contribution is 2.18. The summed E-state index contributed by atoms with van der Waals surface area (Å²) < 4.78 is 0. The van der Waals surface area contributed by atoms with Crippen molar-refractivity contribution in [2.24, 2.45) is 5.92 Å². The lowest BCUT2D eigenvalue weighted by Crippen LogP contribution is -2.32. The number of amides is 1. The maximum Gasteiger partial charge on any atom is 0.251 e. The van der Waals surface area contributed by atoms with Gasteiger partial charge in [-0.15, -0.1) is 6.58 Å². The Labute approximate surface area is 121 Å². The first-order chi connectivity index (χ1) is 9.69. The summed E-state index contributed by atoms with van der Waals surface area (Å²) in [5.74, 6) is 0.824. The van der Waals surface area contributed by atoms with Gasteiger partial charge in [-0.05, 0) is 49.5 Å². The summed E-state index contributed by atoms with van der Waals surface area (Å²) in [5.41, 5.74) is 1.99. The van der Waals surface area contributed by atoms with E-state index in [9.17, 15) is 4.79 Å². The standard InChI is InChI=1S/C17H24N2O/c1-3-10-18-17(20)16-6-4-15(5-7-16)13-19-11-8-14(2)9-12-19/h3-7,14H,1,8-13H2,2H3,(H,18,20). The fourth-order valence-corrected chi connectivity index (χ4v) is 2.51. The number of carbonyl (C=O) groups is 1. The van der Waals surface area contributed by atoms with Crippen molar-refractivity contribution in [3.05, 3.63) is 48.0 Å². The second-order valence-corrected chi connectivity index (χ2v) is 5.65. The minimum absolute atomic E-state index is 0.0387. The highest BCUT2D eigenvalue weighted by molar-refractivity contribution is 5.94. The van der Waals surface area contributed by atoms with Crippen LogP contribution in [0.2, 0.25) is 0 Å². The van der Waals surface area contributed by atoms with Crippen molar-refractivity contribution in [3.63, 3.8) is 0 Å². The van der Waals surface area contributed by atoms with Crippen LogP contribution in [-0.4, -0.2) is 30.4 Å². The molecule has 0 bridgehead atoms. The third-order valence-electron chi connectivity index (χ3n) is 3.91. The second kappa shape index (κ2) is 7.25. The Morgan fingerprint density at radius 3 is 2.60 bits per heavy atom. The first-order valence-electron chi connectivity index (χ1n) is 7.39. The van der Waals surface area contributed by atoms with Gasteiger partial charge in [-0.1, -0.05) is 25.1 Å². The molecule has 1 heterocycles. The third-order valence-corrected chi connectivity index (χ3v) is 3.91. The summed E-state index contributed by atoms with van der Waals surface area (Å²) in [5, 5.41) is 2.79. The van der Waals surface area contributed by atoms with Crippen LogP contribution in [0.5, 0.6) is 0 Å². The molecular formula is C17H24N2O. The molecule has 0 atom stereocenters. The van der Waals surface area contributed by atoms with Gasteiger partial charge < -0.3 is 5.32 Å². The molecule has 0 aliphatic carbocycles. The number of hydrogen-bond donors (Lipinski definition) is 1. The van der Waals surface area contributed by atoms with Gasteiger partial charge in [0, 0.05) is 18.7 Å². The van der Waals surface area contributed by atoms with Crippen LogP contribution in [-0.2, 0) is 6.54 Å². The van der Waals surface area contributed by atoms with Crippen LogP contribution in [0.25, 0.3) is 0 Å². The zero-order chi connectivity index (χ0) is 14.4. The summed E-state index contributed by atoms with van der Waals surface area (Å²) in [6.45, 7) is 9.78. The fourth-order valence-electron chi connectivity index (χ4n) is 2.51. The monoisotopic (exact) mass is 272 g/mol. The van der Waals surface area contributed by atoms with Gasteiger partial charge in [-0.25, -0.2) is 0 Å². The highest BCUT2D eigenvalue weighted by Gasteiger charge is 2.15. The average molecular weight is 272 g/mol. The van der Waals surface area contributed by atoms with Crippen molar-refractivity contribution >= 4 is 5.91 Å². The molecule has 0 spiro atoms. The SMILES string of the molecule is C=CCNC(=O)c1ccc(CN2CCC(C)CC2)cc1. The fraction of sp³-hybridized carbons (Fsp3) is 0.471. The van der Waals surface area contributed by atoms with E-state index in [4.69, 9.17) is 0 Å². The van der Waals surface area contributed by atoms with Crippen molar-refractivity contribution in [3.8, 4) is 0 Å². The number of nitrogens with one attached hydrogen (secondary N) is 1. The smallest absolute Gasteiger partial charge is 0.251 e. The third kappa shape index (κ3) is 4.20. The molecule has 1 aliphatic rings. The van der Waals surface area contributed by atoms with Gasteiger partial charge in [-0.3, -0.25) is 9.69 Å². The number of carbonyl (C=O) groups excluding carboxylic acids is 1. The maximum atomic E-state index is 11.8. The van der Waals surface area contributed by atoms with E-state index in [2.05, 4.69) is 35.9 Å². The minimum Gasteiger partial charge on any atom is -0.349 e. The molecule has 1 fully saturated rings. The zero-order valence-electron chi connectivity index (χ0n) is 12.3. The largest absolute Gasteiger partial charge is 0.349 e. The van der Waals surface area contributed by atoms with E-state index >= 15 is 0 Å². The van der Waals surface area contributed by atoms with Crippen molar-refractivity contribution in [2.45, 2.75) is 26.3 Å². The van der Waals surface area contributed by atoms with E-state index in [-0.39, 0.29) is 5.91 Å². The Kier molecular flexibility index (Phi) is 5.36. The van der Waals surface area contributed by atoms with Crippen molar-refractivity contribution in [1.82, 2.24) is 10.2 Å². The lowest BCUT2D eigenvalue weighted by molar-refractivity contribution is 0.0958. The van der Waals surface area contributed by atoms with Crippen LogP contribution < -0.4 is 5.32 Å². The Balaban J connectivity index is 1.88. The van der Waals surface area contributed by atoms with Gasteiger partial charge in [0.05, 0.1) is 0 Å². The first kappa shape index (κ1) is 14.8. The normalized spacial score (nSPS) is 16.9. The Morgan fingerprint density at radius 1 is 1.35 bits per heavy atom. The molecule has 1 N–H and O–H groups in total. The molecule has 3 nitrogen and oxygen atoms in total. The van der Waals surface area contributed by atoms with Crippen LogP contribution in [0.1, 0.15) is 35.7 Å². The predicted octanol–water partition coefficient (Wildman–Crippen LogP) is 2.83. The van der Waals surface area contributed by atoms with Crippen molar-refractivity contribution in [1.29, 1.82) is 0 Å². The molecule has 3 heteroatoms. The minimum atomic E-state index is -0.0387. The maximum absolute atomic E-state index is 11.8. The van der Waals surface area contributed by atoms with Crippen LogP contribution >= 0.6 is 0 Å². The summed E-state index contributed by atoms with van der Waals surface area (Å²) in [6, 6.07) is 7.92. The molecule has 20 heavy (non-hydrogen) atoms. The number of nitrogens with zero attached hydrogens (tertiary/aromatic N) is 1. The van der Waals surface area contributed by atoms with E-state index in [0.29, 0.717) is 12.1 Å². The number of benzene rings is 1. The number of piperidine rings is 1. The van der Waals surface area contributed by atoms with Gasteiger partial charge in [0.25, 0.3) is 5.91 Å². The number of hydrogen-bond acceptors (Lipinski definition) is 2. The van der Waals surface area contributed by atoms with Crippen LogP contribution in [0.4, 0.5) is 0 Å². The quantitative estimate of drug-likeness (QED) is 0.836. The molecule has 0 aromatic heterocycles. The van der Waals surface area contributed by atoms with Gasteiger partial charge >= 0.3 is 0 Å². The van der Waals surface area contributed by atoms with E-state index in [1.165, 1.54) is 31.5 Å². The van der Waals surface area contributed by atoms with Gasteiger partial charge in [-0.2, -0.15) is 0 Å². The molecule has 0 unspecified atom stereocenters. The molecule has 1 saturated heterocycles. The molecule has 108 valence electrons. The lowest BCUT2D eigenvalue weighted by atomic mass is 9.99. The van der Waals surface area contributed by atoms with E-state index in [1.807, 2.05) is 12.1 Å². The van der Waals surface area contributed by atoms with Crippen LogP contribution in [0.3, 0.4) is 0 Å². The second-order valence-electron chi connectivity index (χ2n) is 5.65. The van der Waals surface area contributed by atoms with Crippen LogP contribution in [0, 0.1) is 5.92 Å². The Morgan fingerprint density at radius 2 is 2.00 bits per heavy atom.